The van der Waals surface area contributed by atoms with Crippen LogP contribution in [-0.4, -0.2) is 39.3 Å². The smallest absolute Gasteiger partial charge is 0.311 e. The molecule has 1 aliphatic rings. The molecule has 3 rings (SSSR count). The largest absolute Gasteiger partial charge is 0.446 e. The zero-order valence-electron chi connectivity index (χ0n) is 15.9. The molecule has 30 heavy (non-hydrogen) atoms. The molecular weight excluding hydrogens is 421 g/mol. The van der Waals surface area contributed by atoms with Crippen LogP contribution in [0.5, 0.6) is 0 Å². The molecule has 1 N–H and O–H groups in total. The van der Waals surface area contributed by atoms with Crippen LogP contribution in [0.25, 0.3) is 0 Å². The average Bonchev–Trinajstić information content (AvgIpc) is 2.85. The highest BCUT2D eigenvalue weighted by Gasteiger charge is 2.43. The van der Waals surface area contributed by atoms with E-state index in [1.54, 1.807) is 19.1 Å². The summed E-state index contributed by atoms with van der Waals surface area (Å²) in [6.45, 7) is 3.01. The number of halogens is 3. The van der Waals surface area contributed by atoms with Gasteiger partial charge in [0.05, 0.1) is 5.69 Å². The van der Waals surface area contributed by atoms with Crippen molar-refractivity contribution in [1.82, 2.24) is 9.88 Å². The van der Waals surface area contributed by atoms with E-state index in [1.165, 1.54) is 42.3 Å². The third kappa shape index (κ3) is 4.90. The quantitative estimate of drug-likeness (QED) is 0.564. The molecule has 0 bridgehead atoms. The van der Waals surface area contributed by atoms with Crippen molar-refractivity contribution >= 4 is 41.1 Å². The third-order valence-electron chi connectivity index (χ3n) is 4.29. The summed E-state index contributed by atoms with van der Waals surface area (Å²) in [5, 5.41) is 2.54. The summed E-state index contributed by atoms with van der Waals surface area (Å²) in [5.41, 5.74) is -3.58. The zero-order chi connectivity index (χ0) is 22.1. The first-order valence-electron chi connectivity index (χ1n) is 8.78. The number of benzene rings is 1. The highest BCUT2D eigenvalue weighted by atomic mass is 32.2. The Morgan fingerprint density at radius 2 is 1.87 bits per heavy atom. The lowest BCUT2D eigenvalue weighted by atomic mass is 10.2. The van der Waals surface area contributed by atoms with Crippen molar-refractivity contribution < 1.29 is 27.6 Å². The van der Waals surface area contributed by atoms with E-state index in [1.807, 2.05) is 0 Å². The lowest BCUT2D eigenvalue weighted by molar-refractivity contribution is -0.119. The van der Waals surface area contributed by atoms with Gasteiger partial charge in [-0.15, -0.1) is 0 Å². The number of nitrogens with one attached hydrogen (secondary N) is 1. The molecule has 2 heterocycles. The average molecular weight is 438 g/mol. The van der Waals surface area contributed by atoms with Crippen LogP contribution in [0.2, 0.25) is 0 Å². The summed E-state index contributed by atoms with van der Waals surface area (Å²) >= 11 is -0.273. The van der Waals surface area contributed by atoms with Crippen molar-refractivity contribution in [3.05, 3.63) is 48.2 Å². The van der Waals surface area contributed by atoms with Gasteiger partial charge in [0.15, 0.2) is 0 Å². The van der Waals surface area contributed by atoms with Crippen LogP contribution in [-0.2, 0) is 16.1 Å². The molecule has 7 nitrogen and oxygen atoms in total. The maximum absolute atomic E-state index is 12.9. The maximum Gasteiger partial charge on any atom is 0.446 e. The lowest BCUT2D eigenvalue weighted by Gasteiger charge is -2.19. The summed E-state index contributed by atoms with van der Waals surface area (Å²) in [5.74, 6) is -0.452. The molecule has 4 amide bonds. The van der Waals surface area contributed by atoms with E-state index in [0.717, 1.165) is 4.90 Å². The van der Waals surface area contributed by atoms with Crippen LogP contribution in [0.3, 0.4) is 0 Å². The maximum atomic E-state index is 12.9. The van der Waals surface area contributed by atoms with E-state index in [-0.39, 0.29) is 34.8 Å². The number of alkyl halides is 3. The van der Waals surface area contributed by atoms with Crippen LogP contribution < -0.4 is 10.2 Å². The fourth-order valence-electron chi connectivity index (χ4n) is 2.97. The van der Waals surface area contributed by atoms with Gasteiger partial charge in [-0.25, -0.2) is 14.7 Å². The Morgan fingerprint density at radius 3 is 2.47 bits per heavy atom. The van der Waals surface area contributed by atoms with Crippen LogP contribution >= 0.6 is 11.8 Å². The molecule has 1 atom stereocenters. The molecule has 0 radical (unpaired) electrons. The molecule has 0 spiro atoms. The van der Waals surface area contributed by atoms with E-state index in [0.29, 0.717) is 11.4 Å². The first-order valence-corrected chi connectivity index (χ1v) is 9.60. The molecule has 11 heteroatoms. The van der Waals surface area contributed by atoms with Crippen LogP contribution in [0.4, 0.5) is 29.5 Å². The summed E-state index contributed by atoms with van der Waals surface area (Å²) in [4.78, 5) is 43.0. The number of aromatic nitrogens is 1. The van der Waals surface area contributed by atoms with E-state index in [4.69, 9.17) is 0 Å². The van der Waals surface area contributed by atoms with E-state index < -0.39 is 23.5 Å². The summed E-state index contributed by atoms with van der Waals surface area (Å²) in [6, 6.07) is 6.94. The van der Waals surface area contributed by atoms with Gasteiger partial charge in [-0.05, 0) is 60.6 Å². The summed E-state index contributed by atoms with van der Waals surface area (Å²) < 4.78 is 37.5. The van der Waals surface area contributed by atoms with Gasteiger partial charge in [-0.1, -0.05) is 0 Å². The van der Waals surface area contributed by atoms with E-state index in [2.05, 4.69) is 10.3 Å². The van der Waals surface area contributed by atoms with Gasteiger partial charge in [-0.2, -0.15) is 13.2 Å². The molecule has 0 aliphatic carbocycles. The number of pyridine rings is 1. The van der Waals surface area contributed by atoms with Gasteiger partial charge < -0.3 is 10.2 Å². The normalized spacial score (nSPS) is 16.9. The predicted molar refractivity (Wildman–Crippen MR) is 105 cm³/mol. The van der Waals surface area contributed by atoms with Gasteiger partial charge in [0.25, 0.3) is 5.91 Å². The summed E-state index contributed by atoms with van der Waals surface area (Å²) in [7, 11) is 0. The SMILES string of the molecule is CC(=O)Nc1cc(CN2C(=O)N(c3ccc(SC(F)(F)F)cc3)C(=O)C2C)ccn1. The standard InChI is InChI=1S/C19H17F3N4O3S/c1-11-17(28)26(14-3-5-15(6-4-14)30-19(20,21)22)18(29)25(11)10-13-7-8-23-16(9-13)24-12(2)27/h3-9,11H,10H2,1-2H3,(H,23,24,27). The molecule has 2 aromatic rings. The van der Waals surface area contributed by atoms with Gasteiger partial charge >= 0.3 is 11.5 Å². The Bertz CT molecular complexity index is 982. The van der Waals surface area contributed by atoms with E-state index >= 15 is 0 Å². The third-order valence-corrected chi connectivity index (χ3v) is 5.03. The first-order chi connectivity index (χ1) is 14.0. The van der Waals surface area contributed by atoms with Crippen LogP contribution in [0.1, 0.15) is 19.4 Å². The Labute approximate surface area is 174 Å². The van der Waals surface area contributed by atoms with Crippen molar-refractivity contribution in [2.24, 2.45) is 0 Å². The number of hydrogen-bond donors (Lipinski definition) is 1. The molecule has 1 aliphatic heterocycles. The lowest BCUT2D eigenvalue weighted by Crippen LogP contribution is -2.33. The number of anilines is 2. The number of rotatable bonds is 5. The van der Waals surface area contributed by atoms with E-state index in [9.17, 15) is 27.6 Å². The second-order valence-electron chi connectivity index (χ2n) is 6.53. The molecular formula is C19H17F3N4O3S. The van der Waals surface area contributed by atoms with Crippen molar-refractivity contribution in [3.8, 4) is 0 Å². The van der Waals surface area contributed by atoms with Crippen molar-refractivity contribution in [2.45, 2.75) is 36.8 Å². The van der Waals surface area contributed by atoms with Crippen molar-refractivity contribution in [1.29, 1.82) is 0 Å². The minimum atomic E-state index is -4.42. The van der Waals surface area contributed by atoms with Crippen molar-refractivity contribution in [3.63, 3.8) is 0 Å². The number of carbonyl (C=O) groups is 3. The van der Waals surface area contributed by atoms with Crippen molar-refractivity contribution in [2.75, 3.05) is 10.2 Å². The number of urea groups is 1. The molecule has 1 unspecified atom stereocenters. The molecule has 1 aromatic heterocycles. The number of nitrogens with zero attached hydrogens (tertiary/aromatic N) is 3. The number of hydrogen-bond acceptors (Lipinski definition) is 5. The van der Waals surface area contributed by atoms with Crippen LogP contribution in [0, 0.1) is 0 Å². The number of amides is 4. The topological polar surface area (TPSA) is 82.6 Å². The Hall–Kier alpha value is -3.08. The van der Waals surface area contributed by atoms with Gasteiger partial charge in [0.1, 0.15) is 11.9 Å². The highest BCUT2D eigenvalue weighted by molar-refractivity contribution is 8.00. The second-order valence-corrected chi connectivity index (χ2v) is 7.67. The molecule has 1 saturated heterocycles. The Morgan fingerprint density at radius 1 is 1.20 bits per heavy atom. The minimum Gasteiger partial charge on any atom is -0.311 e. The number of imide groups is 1. The predicted octanol–water partition coefficient (Wildman–Crippen LogP) is 4.01. The number of thioether (sulfide) groups is 1. The van der Waals surface area contributed by atoms with Gasteiger partial charge in [0, 0.05) is 24.6 Å². The zero-order valence-corrected chi connectivity index (χ0v) is 16.8. The highest BCUT2D eigenvalue weighted by Crippen LogP contribution is 2.38. The fraction of sp³-hybridized carbons (Fsp3) is 0.263. The monoisotopic (exact) mass is 438 g/mol. The molecule has 1 aromatic carbocycles. The van der Waals surface area contributed by atoms with Gasteiger partial charge in [0.2, 0.25) is 5.91 Å². The molecule has 1 fully saturated rings. The molecule has 158 valence electrons. The molecule has 0 saturated carbocycles. The number of carbonyl (C=O) groups excluding carboxylic acids is 3. The second kappa shape index (κ2) is 8.34. The Kier molecular flexibility index (Phi) is 6.01. The first kappa shape index (κ1) is 21.6. The summed E-state index contributed by atoms with van der Waals surface area (Å²) in [6.07, 6.45) is 1.47. The Balaban J connectivity index is 1.78. The van der Waals surface area contributed by atoms with Gasteiger partial charge in [-0.3, -0.25) is 9.59 Å². The minimum absolute atomic E-state index is 0.0439. The fourth-order valence-corrected chi connectivity index (χ4v) is 3.51. The van der Waals surface area contributed by atoms with Crippen LogP contribution in [0.15, 0.2) is 47.5 Å².